The Hall–Kier alpha value is -2.66. The number of rotatable bonds is 5. The van der Waals surface area contributed by atoms with Crippen LogP contribution in [0.5, 0.6) is 0 Å². The zero-order valence-corrected chi connectivity index (χ0v) is 19.6. The molecule has 4 atom stereocenters. The summed E-state index contributed by atoms with van der Waals surface area (Å²) < 4.78 is 28.8. The maximum atomic E-state index is 14.5. The molecule has 0 bridgehead atoms. The molecule has 0 N–H and O–H groups in total. The Labute approximate surface area is 197 Å². The van der Waals surface area contributed by atoms with Crippen LogP contribution < -0.4 is 0 Å². The molecule has 0 nitrogen and oxygen atoms in total. The molecule has 2 aliphatic rings. The van der Waals surface area contributed by atoms with Gasteiger partial charge >= 0.3 is 0 Å². The molecule has 2 heteroatoms. The predicted octanol–water partition coefficient (Wildman–Crippen LogP) is 8.36. The Morgan fingerprint density at radius 1 is 0.909 bits per heavy atom. The van der Waals surface area contributed by atoms with Crippen LogP contribution in [-0.2, 0) is 6.42 Å². The van der Waals surface area contributed by atoms with Crippen LogP contribution in [0.4, 0.5) is 8.78 Å². The quantitative estimate of drug-likeness (QED) is 0.321. The van der Waals surface area contributed by atoms with Crippen LogP contribution in [-0.4, -0.2) is 0 Å². The third-order valence-electron chi connectivity index (χ3n) is 7.69. The highest BCUT2D eigenvalue weighted by atomic mass is 19.2. The van der Waals surface area contributed by atoms with Gasteiger partial charge in [0.25, 0.3) is 0 Å². The number of hydrogen-bond donors (Lipinski definition) is 0. The van der Waals surface area contributed by atoms with Gasteiger partial charge in [0.15, 0.2) is 11.6 Å². The van der Waals surface area contributed by atoms with Gasteiger partial charge in [-0.1, -0.05) is 48.3 Å². The summed E-state index contributed by atoms with van der Waals surface area (Å²) in [5, 5.41) is 0. The number of benzene rings is 2. The molecule has 0 spiro atoms. The van der Waals surface area contributed by atoms with E-state index in [1.54, 1.807) is 12.1 Å². The van der Waals surface area contributed by atoms with E-state index in [9.17, 15) is 8.78 Å². The standard InChI is InChI=1S/C31H34F2/c1-3-5-6-7-25-16-17-26(31(33)30(25)32)14-11-23-9-12-24(13-10-23)28-19-18-27-20-22(4-2)8-15-29(27)21-28/h3-5,9-10,12-13,16-17,22,27-29H,2,6-8,15,18-21H2,1H3/b5-3+. The fourth-order valence-corrected chi connectivity index (χ4v) is 5.70. The van der Waals surface area contributed by atoms with Gasteiger partial charge in [-0.05, 0) is 111 Å². The van der Waals surface area contributed by atoms with Crippen LogP contribution in [0.2, 0.25) is 0 Å². The van der Waals surface area contributed by atoms with Gasteiger partial charge in [0.05, 0.1) is 5.56 Å². The molecule has 0 aliphatic heterocycles. The molecule has 0 amide bonds. The molecular weight excluding hydrogens is 410 g/mol. The van der Waals surface area contributed by atoms with Gasteiger partial charge in [0.1, 0.15) is 0 Å². The number of allylic oxidation sites excluding steroid dienone is 3. The van der Waals surface area contributed by atoms with Crippen LogP contribution in [0.1, 0.15) is 80.0 Å². The zero-order valence-electron chi connectivity index (χ0n) is 19.6. The summed E-state index contributed by atoms with van der Waals surface area (Å²) in [5.41, 5.74) is 2.72. The summed E-state index contributed by atoms with van der Waals surface area (Å²) in [6.07, 6.45) is 15.0. The van der Waals surface area contributed by atoms with Crippen LogP contribution >= 0.6 is 0 Å². The van der Waals surface area contributed by atoms with Crippen molar-refractivity contribution in [1.29, 1.82) is 0 Å². The van der Waals surface area contributed by atoms with Crippen molar-refractivity contribution in [3.8, 4) is 11.8 Å². The van der Waals surface area contributed by atoms with E-state index in [0.717, 1.165) is 17.4 Å². The van der Waals surface area contributed by atoms with E-state index in [1.807, 2.05) is 31.2 Å². The molecule has 2 aromatic carbocycles. The van der Waals surface area contributed by atoms with Crippen LogP contribution in [0.3, 0.4) is 0 Å². The van der Waals surface area contributed by atoms with E-state index in [2.05, 4.69) is 36.6 Å². The van der Waals surface area contributed by atoms with E-state index in [1.165, 1.54) is 44.1 Å². The maximum Gasteiger partial charge on any atom is 0.174 e. The smallest absolute Gasteiger partial charge is 0.174 e. The molecule has 0 heterocycles. The van der Waals surface area contributed by atoms with Gasteiger partial charge in [0.2, 0.25) is 0 Å². The lowest BCUT2D eigenvalue weighted by Gasteiger charge is -2.41. The highest BCUT2D eigenvalue weighted by Gasteiger charge is 2.35. The molecule has 4 unspecified atom stereocenters. The van der Waals surface area contributed by atoms with Gasteiger partial charge in [-0.2, -0.15) is 0 Å². The number of aryl methyl sites for hydroxylation is 1. The summed E-state index contributed by atoms with van der Waals surface area (Å²) in [4.78, 5) is 0. The fourth-order valence-electron chi connectivity index (χ4n) is 5.70. The summed E-state index contributed by atoms with van der Waals surface area (Å²) in [6, 6.07) is 11.6. The minimum absolute atomic E-state index is 0.111. The Morgan fingerprint density at radius 2 is 1.67 bits per heavy atom. The Morgan fingerprint density at radius 3 is 2.42 bits per heavy atom. The highest BCUT2D eigenvalue weighted by Crippen LogP contribution is 2.47. The van der Waals surface area contributed by atoms with E-state index in [-0.39, 0.29) is 5.56 Å². The number of halogens is 2. The first-order valence-corrected chi connectivity index (χ1v) is 12.4. The van der Waals surface area contributed by atoms with Gasteiger partial charge in [-0.25, -0.2) is 8.78 Å². The molecule has 0 saturated heterocycles. The monoisotopic (exact) mass is 444 g/mol. The van der Waals surface area contributed by atoms with Gasteiger partial charge in [-0.3, -0.25) is 0 Å². The summed E-state index contributed by atoms with van der Waals surface area (Å²) in [5.74, 6) is 7.26. The van der Waals surface area contributed by atoms with Crippen LogP contribution in [0, 0.1) is 41.2 Å². The minimum atomic E-state index is -0.847. The van der Waals surface area contributed by atoms with Gasteiger partial charge in [0, 0.05) is 5.56 Å². The second-order valence-electron chi connectivity index (χ2n) is 9.72. The van der Waals surface area contributed by atoms with Crippen molar-refractivity contribution in [2.45, 2.75) is 64.2 Å². The third-order valence-corrected chi connectivity index (χ3v) is 7.69. The first-order chi connectivity index (χ1) is 16.1. The zero-order chi connectivity index (χ0) is 23.2. The fraction of sp³-hybridized carbons (Fsp3) is 0.419. The van der Waals surface area contributed by atoms with Crippen LogP contribution in [0.25, 0.3) is 0 Å². The first kappa shape index (κ1) is 23.5. The van der Waals surface area contributed by atoms with Crippen molar-refractivity contribution in [1.82, 2.24) is 0 Å². The average molecular weight is 445 g/mol. The molecule has 2 aromatic rings. The lowest BCUT2D eigenvalue weighted by Crippen LogP contribution is -2.29. The number of fused-ring (bicyclic) bond motifs is 1. The van der Waals surface area contributed by atoms with E-state index >= 15 is 0 Å². The summed E-state index contributed by atoms with van der Waals surface area (Å²) in [6.45, 7) is 5.92. The van der Waals surface area contributed by atoms with Gasteiger partial charge < -0.3 is 0 Å². The molecule has 2 aliphatic carbocycles. The van der Waals surface area contributed by atoms with Crippen molar-refractivity contribution >= 4 is 0 Å². The topological polar surface area (TPSA) is 0 Å². The van der Waals surface area contributed by atoms with Crippen molar-refractivity contribution in [3.05, 3.63) is 95.1 Å². The van der Waals surface area contributed by atoms with E-state index in [0.29, 0.717) is 30.2 Å². The van der Waals surface area contributed by atoms with Crippen molar-refractivity contribution in [2.75, 3.05) is 0 Å². The molecule has 172 valence electrons. The average Bonchev–Trinajstić information content (AvgIpc) is 2.86. The largest absolute Gasteiger partial charge is 0.203 e. The molecule has 0 radical (unpaired) electrons. The second kappa shape index (κ2) is 11.0. The van der Waals surface area contributed by atoms with Crippen molar-refractivity contribution in [3.63, 3.8) is 0 Å². The highest BCUT2D eigenvalue weighted by molar-refractivity contribution is 5.45. The van der Waals surface area contributed by atoms with Crippen molar-refractivity contribution in [2.24, 2.45) is 17.8 Å². The molecule has 2 saturated carbocycles. The van der Waals surface area contributed by atoms with E-state index in [4.69, 9.17) is 0 Å². The lowest BCUT2D eigenvalue weighted by atomic mass is 9.64. The summed E-state index contributed by atoms with van der Waals surface area (Å²) in [7, 11) is 0. The summed E-state index contributed by atoms with van der Waals surface area (Å²) >= 11 is 0. The molecule has 4 rings (SSSR count). The normalized spacial score (nSPS) is 24.7. The Kier molecular flexibility index (Phi) is 7.81. The Balaban J connectivity index is 1.40. The molecular formula is C31H34F2. The predicted molar refractivity (Wildman–Crippen MR) is 133 cm³/mol. The molecule has 33 heavy (non-hydrogen) atoms. The molecule has 2 fully saturated rings. The lowest BCUT2D eigenvalue weighted by molar-refractivity contribution is 0.133. The maximum absolute atomic E-state index is 14.5. The number of hydrogen-bond acceptors (Lipinski definition) is 0. The third kappa shape index (κ3) is 5.64. The minimum Gasteiger partial charge on any atom is -0.203 e. The van der Waals surface area contributed by atoms with Crippen LogP contribution in [0.15, 0.2) is 61.2 Å². The molecule has 0 aromatic heterocycles. The first-order valence-electron chi connectivity index (χ1n) is 12.4. The Bertz CT molecular complexity index is 1050. The van der Waals surface area contributed by atoms with Gasteiger partial charge in [-0.15, -0.1) is 6.58 Å². The van der Waals surface area contributed by atoms with E-state index < -0.39 is 11.6 Å². The SMILES string of the molecule is C=CC1CCC2CC(c3ccc(C#Cc4ccc(CC/C=C/C)c(F)c4F)cc3)CCC2C1. The van der Waals surface area contributed by atoms with Crippen molar-refractivity contribution < 1.29 is 8.78 Å². The second-order valence-corrected chi connectivity index (χ2v) is 9.72.